The van der Waals surface area contributed by atoms with Crippen LogP contribution >= 0.6 is 0 Å². The van der Waals surface area contributed by atoms with Crippen LogP contribution in [0.2, 0.25) is 0 Å². The smallest absolute Gasteiger partial charge is 0.266 e. The van der Waals surface area contributed by atoms with E-state index in [-0.39, 0.29) is 13.0 Å². The van der Waals surface area contributed by atoms with E-state index in [4.69, 9.17) is 19.6 Å². The number of aliphatic hydroxyl groups is 1. The molecular weight excluding hydrogens is 504 g/mol. The number of anilines is 1. The van der Waals surface area contributed by atoms with Gasteiger partial charge in [0.2, 0.25) is 5.90 Å². The molecule has 0 aromatic heterocycles. The number of aliphatic hydroxyl groups excluding tert-OH is 1. The maximum Gasteiger partial charge on any atom is 0.266 e. The van der Waals surface area contributed by atoms with Crippen LogP contribution in [0.3, 0.4) is 0 Å². The van der Waals surface area contributed by atoms with Crippen LogP contribution in [0.5, 0.6) is 5.75 Å². The highest BCUT2D eigenvalue weighted by Gasteiger charge is 2.60. The third-order valence-corrected chi connectivity index (χ3v) is 7.21. The number of benzene rings is 4. The van der Waals surface area contributed by atoms with Crippen LogP contribution in [0.4, 0.5) is 5.69 Å². The summed E-state index contributed by atoms with van der Waals surface area (Å²) in [6.07, 6.45) is 0.0866. The second-order valence-electron chi connectivity index (χ2n) is 9.82. The summed E-state index contributed by atoms with van der Waals surface area (Å²) in [5.74, 6) is 0.165. The first-order chi connectivity index (χ1) is 19.6. The third kappa shape index (κ3) is 4.54. The molecule has 6 rings (SSSR count). The molecular formula is C33H28N2O5. The minimum absolute atomic E-state index is 0.0624. The minimum atomic E-state index is -1.38. The van der Waals surface area contributed by atoms with Gasteiger partial charge in [-0.25, -0.2) is 9.89 Å². The van der Waals surface area contributed by atoms with Crippen molar-refractivity contribution < 1.29 is 24.2 Å². The Morgan fingerprint density at radius 2 is 1.57 bits per heavy atom. The molecule has 0 radical (unpaired) electrons. The third-order valence-electron chi connectivity index (χ3n) is 7.21. The number of hydrogen-bond donors (Lipinski definition) is 1. The van der Waals surface area contributed by atoms with Gasteiger partial charge in [-0.3, -0.25) is 9.59 Å². The van der Waals surface area contributed by atoms with E-state index in [1.165, 1.54) is 4.90 Å². The van der Waals surface area contributed by atoms with E-state index < -0.39 is 23.5 Å². The van der Waals surface area contributed by atoms with Crippen molar-refractivity contribution in [3.63, 3.8) is 0 Å². The molecule has 0 fully saturated rings. The Morgan fingerprint density at radius 1 is 0.900 bits per heavy atom. The summed E-state index contributed by atoms with van der Waals surface area (Å²) in [5, 5.41) is 9.01. The van der Waals surface area contributed by atoms with Crippen molar-refractivity contribution in [2.75, 3.05) is 18.1 Å². The fourth-order valence-electron chi connectivity index (χ4n) is 5.28. The zero-order valence-electron chi connectivity index (χ0n) is 21.8. The van der Waals surface area contributed by atoms with Gasteiger partial charge in [-0.15, -0.1) is 0 Å². The van der Waals surface area contributed by atoms with Crippen LogP contribution in [-0.4, -0.2) is 41.6 Å². The van der Waals surface area contributed by atoms with Crippen molar-refractivity contribution in [1.29, 1.82) is 0 Å². The number of nitrogens with zero attached hydrogens (tertiary/aromatic N) is 2. The summed E-state index contributed by atoms with van der Waals surface area (Å²) >= 11 is 0. The molecule has 4 aromatic rings. The van der Waals surface area contributed by atoms with E-state index in [2.05, 4.69) is 0 Å². The molecule has 0 bridgehead atoms. The van der Waals surface area contributed by atoms with Gasteiger partial charge in [0.05, 0.1) is 12.3 Å². The van der Waals surface area contributed by atoms with Crippen molar-refractivity contribution >= 4 is 23.4 Å². The van der Waals surface area contributed by atoms with Gasteiger partial charge in [-0.2, -0.15) is 0 Å². The number of carbonyl (C=O) groups is 2. The number of carbonyl (C=O) groups excluding carboxylic acids is 2. The summed E-state index contributed by atoms with van der Waals surface area (Å²) in [5.41, 5.74) is 1.87. The number of ether oxygens (including phenoxy) is 2. The fraction of sp³-hybridized carbons (Fsp3) is 0.182. The molecule has 0 saturated heterocycles. The molecule has 1 N–H and O–H groups in total. The summed E-state index contributed by atoms with van der Waals surface area (Å²) in [4.78, 5) is 34.7. The molecule has 0 spiro atoms. The number of amides is 2. The predicted molar refractivity (Wildman–Crippen MR) is 152 cm³/mol. The molecule has 200 valence electrons. The highest BCUT2D eigenvalue weighted by Crippen LogP contribution is 2.50. The zero-order chi connectivity index (χ0) is 27.5. The molecule has 2 amide bonds. The van der Waals surface area contributed by atoms with Gasteiger partial charge in [0, 0.05) is 36.1 Å². The van der Waals surface area contributed by atoms with Gasteiger partial charge in [0.25, 0.3) is 11.8 Å². The standard InChI is InChI=1S/C33H28N2O5/c36-20-9-21-39-26-18-16-24(17-19-26)30-34-33(22-23-10-3-1-4-11-23)29(40-30)27-14-7-8-15-28(27)35(32(33)38)31(37)25-12-5-2-6-13-25/h1-8,10-19,29,36H,9,20-22H2/t29-,33-/m1/s1. The van der Waals surface area contributed by atoms with Crippen LogP contribution in [0.25, 0.3) is 0 Å². The minimum Gasteiger partial charge on any atom is -0.494 e. The van der Waals surface area contributed by atoms with Gasteiger partial charge < -0.3 is 14.6 Å². The van der Waals surface area contributed by atoms with Gasteiger partial charge in [-0.1, -0.05) is 66.7 Å². The number of para-hydroxylation sites is 1. The Kier molecular flexibility index (Phi) is 6.88. The van der Waals surface area contributed by atoms with Crippen molar-refractivity contribution in [2.45, 2.75) is 24.5 Å². The van der Waals surface area contributed by atoms with Crippen LogP contribution in [-0.2, 0) is 16.0 Å². The average molecular weight is 533 g/mol. The molecule has 4 aromatic carbocycles. The summed E-state index contributed by atoms with van der Waals surface area (Å²) < 4.78 is 12.2. The molecule has 2 heterocycles. The van der Waals surface area contributed by atoms with E-state index in [1.54, 1.807) is 30.3 Å². The Labute approximate surface area is 232 Å². The van der Waals surface area contributed by atoms with Gasteiger partial charge >= 0.3 is 0 Å². The summed E-state index contributed by atoms with van der Waals surface area (Å²) in [6.45, 7) is 0.471. The number of rotatable bonds is 8. The Hall–Kier alpha value is -4.75. The SMILES string of the molecule is O=C(c1ccccc1)N1C(=O)[C@]2(Cc3ccccc3)N=C(c3ccc(OCCCO)cc3)O[C@@H]2c2ccccc21. The second-order valence-corrected chi connectivity index (χ2v) is 9.82. The number of imide groups is 1. The number of aliphatic imine (C=N–C) groups is 1. The van der Waals surface area contributed by atoms with E-state index in [0.29, 0.717) is 41.5 Å². The van der Waals surface area contributed by atoms with Crippen LogP contribution in [0.1, 0.15) is 39.6 Å². The summed E-state index contributed by atoms with van der Waals surface area (Å²) in [6, 6.07) is 33.1. The lowest BCUT2D eigenvalue weighted by Crippen LogP contribution is -2.57. The van der Waals surface area contributed by atoms with Crippen LogP contribution in [0, 0.1) is 0 Å². The Bertz CT molecular complexity index is 1550. The van der Waals surface area contributed by atoms with E-state index >= 15 is 0 Å². The maximum absolute atomic E-state index is 14.6. The topological polar surface area (TPSA) is 88.4 Å². The quantitative estimate of drug-likeness (QED) is 0.251. The van der Waals surface area contributed by atoms with Crippen molar-refractivity contribution in [3.05, 3.63) is 131 Å². The largest absolute Gasteiger partial charge is 0.494 e. The molecule has 2 aliphatic heterocycles. The van der Waals surface area contributed by atoms with Gasteiger partial charge in [0.15, 0.2) is 11.6 Å². The van der Waals surface area contributed by atoms with Crippen LogP contribution < -0.4 is 9.64 Å². The first kappa shape index (κ1) is 25.5. The first-order valence-corrected chi connectivity index (χ1v) is 13.3. The lowest BCUT2D eigenvalue weighted by Gasteiger charge is -2.40. The zero-order valence-corrected chi connectivity index (χ0v) is 21.8. The molecule has 0 saturated carbocycles. The van der Waals surface area contributed by atoms with Crippen molar-refractivity contribution in [2.24, 2.45) is 4.99 Å². The van der Waals surface area contributed by atoms with Crippen molar-refractivity contribution in [1.82, 2.24) is 0 Å². The molecule has 2 atom stereocenters. The first-order valence-electron chi connectivity index (χ1n) is 13.3. The van der Waals surface area contributed by atoms with Crippen molar-refractivity contribution in [3.8, 4) is 5.75 Å². The normalized spacial score (nSPS) is 19.3. The Balaban J connectivity index is 1.45. The van der Waals surface area contributed by atoms with E-state index in [1.807, 2.05) is 78.9 Å². The highest BCUT2D eigenvalue weighted by molar-refractivity contribution is 6.26. The fourth-order valence-corrected chi connectivity index (χ4v) is 5.28. The molecule has 40 heavy (non-hydrogen) atoms. The highest BCUT2D eigenvalue weighted by atomic mass is 16.5. The van der Waals surface area contributed by atoms with Gasteiger partial charge in [0.1, 0.15) is 5.75 Å². The Morgan fingerprint density at radius 3 is 2.30 bits per heavy atom. The van der Waals surface area contributed by atoms with Crippen LogP contribution in [0.15, 0.2) is 114 Å². The molecule has 2 aliphatic rings. The molecule has 0 unspecified atom stereocenters. The average Bonchev–Trinajstić information content (AvgIpc) is 3.39. The lowest BCUT2D eigenvalue weighted by atomic mass is 9.78. The summed E-state index contributed by atoms with van der Waals surface area (Å²) in [7, 11) is 0. The molecule has 7 nitrogen and oxygen atoms in total. The number of fused-ring (bicyclic) bond motifs is 3. The van der Waals surface area contributed by atoms with E-state index in [0.717, 1.165) is 11.1 Å². The van der Waals surface area contributed by atoms with Gasteiger partial charge in [-0.05, 0) is 48.0 Å². The lowest BCUT2D eigenvalue weighted by molar-refractivity contribution is -0.126. The predicted octanol–water partition coefficient (Wildman–Crippen LogP) is 5.13. The number of hydrogen-bond acceptors (Lipinski definition) is 6. The second kappa shape index (κ2) is 10.8. The molecule has 0 aliphatic carbocycles. The maximum atomic E-state index is 14.6. The van der Waals surface area contributed by atoms with E-state index in [9.17, 15) is 9.59 Å². The monoisotopic (exact) mass is 532 g/mol. The molecule has 7 heteroatoms.